The fourth-order valence-electron chi connectivity index (χ4n) is 3.40. The average molecular weight is 449 g/mol. The Morgan fingerprint density at radius 1 is 0.750 bits per heavy atom. The first-order chi connectivity index (χ1) is 15.7. The Hall–Kier alpha value is -2.72. The van der Waals surface area contributed by atoms with Gasteiger partial charge in [-0.2, -0.15) is 4.99 Å². The third-order valence-corrected chi connectivity index (χ3v) is 5.12. The van der Waals surface area contributed by atoms with Crippen LogP contribution >= 0.6 is 0 Å². The Labute approximate surface area is 190 Å². The van der Waals surface area contributed by atoms with Crippen molar-refractivity contribution >= 4 is 30.4 Å². The molecule has 0 N–H and O–H groups in total. The quantitative estimate of drug-likeness (QED) is 0.108. The molecule has 1 unspecified atom stereocenters. The van der Waals surface area contributed by atoms with Crippen LogP contribution in [0.1, 0.15) is 89.9 Å². The van der Waals surface area contributed by atoms with Gasteiger partial charge in [0.1, 0.15) is 12.5 Å². The summed E-state index contributed by atoms with van der Waals surface area (Å²) < 4.78 is 0. The molecule has 9 heteroatoms. The lowest BCUT2D eigenvalue weighted by Crippen LogP contribution is -2.40. The van der Waals surface area contributed by atoms with Crippen molar-refractivity contribution in [2.75, 3.05) is 19.6 Å². The minimum atomic E-state index is -0.549. The number of isocyanates is 3. The summed E-state index contributed by atoms with van der Waals surface area (Å²) in [6.45, 7) is 1.46. The first kappa shape index (κ1) is 29.3. The van der Waals surface area contributed by atoms with Crippen molar-refractivity contribution in [1.82, 2.24) is 4.90 Å². The molecule has 0 radical (unpaired) electrons. The maximum absolute atomic E-state index is 12.9. The summed E-state index contributed by atoms with van der Waals surface area (Å²) in [6.07, 6.45) is 15.5. The number of carbonyl (C=O) groups is 2. The van der Waals surface area contributed by atoms with Crippen LogP contribution in [0.4, 0.5) is 0 Å². The Morgan fingerprint density at radius 2 is 1.34 bits per heavy atom. The summed E-state index contributed by atoms with van der Waals surface area (Å²) in [6, 6.07) is 0. The second-order valence-electron chi connectivity index (χ2n) is 7.62. The molecule has 1 amide bonds. The lowest BCUT2D eigenvalue weighted by molar-refractivity contribution is -0.133. The van der Waals surface area contributed by atoms with Gasteiger partial charge in [-0.1, -0.05) is 32.1 Å². The Kier molecular flexibility index (Phi) is 21.0. The Bertz CT molecular complexity index is 651. The van der Waals surface area contributed by atoms with E-state index < -0.39 is 6.17 Å². The van der Waals surface area contributed by atoms with Crippen LogP contribution in [0, 0.1) is 0 Å². The average Bonchev–Trinajstić information content (AvgIpc) is 2.79. The van der Waals surface area contributed by atoms with Crippen molar-refractivity contribution in [3.63, 3.8) is 0 Å². The van der Waals surface area contributed by atoms with Gasteiger partial charge in [-0.25, -0.2) is 24.4 Å². The molecule has 0 bridgehead atoms. The van der Waals surface area contributed by atoms with Crippen LogP contribution in [0.25, 0.3) is 0 Å². The normalized spacial score (nSPS) is 10.9. The summed E-state index contributed by atoms with van der Waals surface area (Å²) in [5.41, 5.74) is 0. The van der Waals surface area contributed by atoms with Crippen LogP contribution in [0.5, 0.6) is 0 Å². The minimum Gasteiger partial charge on any atom is -0.320 e. The number of nitrogens with zero attached hydrogens (tertiary/aromatic N) is 4. The number of hydrogen-bond donors (Lipinski definition) is 0. The van der Waals surface area contributed by atoms with Crippen molar-refractivity contribution in [2.45, 2.75) is 96.1 Å². The maximum Gasteiger partial charge on any atom is 0.237 e. The van der Waals surface area contributed by atoms with Gasteiger partial charge in [-0.3, -0.25) is 4.79 Å². The van der Waals surface area contributed by atoms with E-state index in [1.807, 2.05) is 0 Å². The SMILES string of the molecule is O=C=NCCCCCCCC(=O)N(CCCCCCN=C=O)C(CCCCC=O)N=C=O. The molecule has 0 aromatic carbocycles. The molecule has 0 aromatic rings. The molecule has 0 saturated heterocycles. The lowest BCUT2D eigenvalue weighted by Gasteiger charge is -2.28. The number of carbonyl (C=O) groups excluding carboxylic acids is 5. The number of amides is 1. The summed E-state index contributed by atoms with van der Waals surface area (Å²) in [7, 11) is 0. The topological polar surface area (TPSA) is 126 Å². The van der Waals surface area contributed by atoms with E-state index in [0.717, 1.165) is 64.1 Å². The number of hydrogen-bond acceptors (Lipinski definition) is 8. The van der Waals surface area contributed by atoms with E-state index in [4.69, 9.17) is 0 Å². The predicted octanol–water partition coefficient (Wildman–Crippen LogP) is 3.81. The van der Waals surface area contributed by atoms with Gasteiger partial charge in [0.05, 0.1) is 13.1 Å². The summed E-state index contributed by atoms with van der Waals surface area (Å²) >= 11 is 0. The van der Waals surface area contributed by atoms with Crippen molar-refractivity contribution in [3.8, 4) is 0 Å². The Morgan fingerprint density at radius 3 is 1.94 bits per heavy atom. The largest absolute Gasteiger partial charge is 0.320 e. The minimum absolute atomic E-state index is 0.0273. The third-order valence-electron chi connectivity index (χ3n) is 5.12. The predicted molar refractivity (Wildman–Crippen MR) is 120 cm³/mol. The highest BCUT2D eigenvalue weighted by Gasteiger charge is 2.22. The van der Waals surface area contributed by atoms with E-state index in [2.05, 4.69) is 15.0 Å². The van der Waals surface area contributed by atoms with Crippen molar-refractivity contribution in [2.24, 2.45) is 15.0 Å². The van der Waals surface area contributed by atoms with E-state index in [1.165, 1.54) is 12.2 Å². The van der Waals surface area contributed by atoms with Gasteiger partial charge in [-0.15, -0.1) is 0 Å². The van der Waals surface area contributed by atoms with Gasteiger partial charge >= 0.3 is 0 Å². The number of aldehydes is 1. The van der Waals surface area contributed by atoms with Gasteiger partial charge < -0.3 is 9.69 Å². The molecule has 0 fully saturated rings. The maximum atomic E-state index is 12.9. The molecule has 0 aliphatic carbocycles. The molecule has 0 heterocycles. The van der Waals surface area contributed by atoms with Crippen LogP contribution in [0.3, 0.4) is 0 Å². The van der Waals surface area contributed by atoms with Gasteiger partial charge in [0.25, 0.3) is 0 Å². The van der Waals surface area contributed by atoms with Crippen LogP contribution in [-0.4, -0.2) is 61.1 Å². The van der Waals surface area contributed by atoms with E-state index in [-0.39, 0.29) is 5.91 Å². The molecule has 178 valence electrons. The summed E-state index contributed by atoms with van der Waals surface area (Å²) in [4.78, 5) is 67.1. The molecule has 0 saturated carbocycles. The standard InChI is InChI=1S/C23H36N4O5/c28-18-12-6-7-13-22(26-21-31)27(17-11-5-4-10-16-25-20-30)23(32)14-8-2-1-3-9-15-24-19-29/h18,22H,1-17H2. The number of aliphatic imine (C=N–C) groups is 3. The van der Waals surface area contributed by atoms with Crippen LogP contribution < -0.4 is 0 Å². The van der Waals surface area contributed by atoms with Crippen molar-refractivity contribution in [3.05, 3.63) is 0 Å². The Balaban J connectivity index is 4.65. The zero-order valence-corrected chi connectivity index (χ0v) is 19.0. The monoisotopic (exact) mass is 448 g/mol. The molecule has 0 spiro atoms. The first-order valence-corrected chi connectivity index (χ1v) is 11.6. The summed E-state index contributed by atoms with van der Waals surface area (Å²) in [5, 5.41) is 0. The fraction of sp³-hybridized carbons (Fsp3) is 0.783. The van der Waals surface area contributed by atoms with E-state index in [9.17, 15) is 24.0 Å². The van der Waals surface area contributed by atoms with E-state index in [0.29, 0.717) is 51.7 Å². The van der Waals surface area contributed by atoms with Gasteiger partial charge in [0.2, 0.25) is 24.1 Å². The van der Waals surface area contributed by atoms with E-state index in [1.54, 1.807) is 11.0 Å². The van der Waals surface area contributed by atoms with Gasteiger partial charge in [0, 0.05) is 19.4 Å². The molecular formula is C23H36N4O5. The molecule has 0 aliphatic rings. The summed E-state index contributed by atoms with van der Waals surface area (Å²) in [5.74, 6) is -0.0273. The van der Waals surface area contributed by atoms with Crippen LogP contribution in [0.15, 0.2) is 15.0 Å². The molecule has 9 nitrogen and oxygen atoms in total. The van der Waals surface area contributed by atoms with Crippen molar-refractivity contribution in [1.29, 1.82) is 0 Å². The zero-order valence-electron chi connectivity index (χ0n) is 19.0. The lowest BCUT2D eigenvalue weighted by atomic mass is 10.1. The molecule has 0 aromatic heterocycles. The van der Waals surface area contributed by atoms with Gasteiger partial charge in [0.15, 0.2) is 0 Å². The molecule has 32 heavy (non-hydrogen) atoms. The number of rotatable bonds is 22. The molecule has 0 rings (SSSR count). The fourth-order valence-corrected chi connectivity index (χ4v) is 3.40. The van der Waals surface area contributed by atoms with Crippen LogP contribution in [0.2, 0.25) is 0 Å². The first-order valence-electron chi connectivity index (χ1n) is 11.6. The molecule has 1 atom stereocenters. The number of unbranched alkanes of at least 4 members (excludes halogenated alkanes) is 9. The zero-order chi connectivity index (χ0) is 23.7. The van der Waals surface area contributed by atoms with Crippen molar-refractivity contribution < 1.29 is 24.0 Å². The molecular weight excluding hydrogens is 412 g/mol. The third kappa shape index (κ3) is 17.0. The van der Waals surface area contributed by atoms with Gasteiger partial charge in [-0.05, 0) is 44.9 Å². The van der Waals surface area contributed by atoms with Crippen LogP contribution in [-0.2, 0) is 24.0 Å². The second kappa shape index (κ2) is 23.0. The highest BCUT2D eigenvalue weighted by molar-refractivity contribution is 5.76. The second-order valence-corrected chi connectivity index (χ2v) is 7.62. The molecule has 0 aliphatic heterocycles. The highest BCUT2D eigenvalue weighted by Crippen LogP contribution is 2.16. The smallest absolute Gasteiger partial charge is 0.237 e. The highest BCUT2D eigenvalue weighted by atomic mass is 16.2. The van der Waals surface area contributed by atoms with E-state index >= 15 is 0 Å².